The van der Waals surface area contributed by atoms with Crippen molar-refractivity contribution in [3.05, 3.63) is 46.0 Å². The van der Waals surface area contributed by atoms with Gasteiger partial charge in [0.25, 0.3) is 5.91 Å². The number of amides is 2. The third-order valence-electron chi connectivity index (χ3n) is 4.82. The normalized spacial score (nSPS) is 20.5. The summed E-state index contributed by atoms with van der Waals surface area (Å²) in [5, 5.41) is 6.81. The number of fused-ring (bicyclic) bond motifs is 1. The molecule has 1 saturated heterocycles. The third kappa shape index (κ3) is 2.69. The van der Waals surface area contributed by atoms with E-state index >= 15 is 0 Å². The van der Waals surface area contributed by atoms with Gasteiger partial charge in [-0.2, -0.15) is 0 Å². The quantitative estimate of drug-likeness (QED) is 0.913. The molecule has 2 aliphatic rings. The zero-order chi connectivity index (χ0) is 16.7. The summed E-state index contributed by atoms with van der Waals surface area (Å²) in [5.74, 6) is -0.0610. The topological polar surface area (TPSA) is 75.2 Å². The Bertz CT molecular complexity index is 778. The molecule has 1 aliphatic heterocycles. The number of rotatable bonds is 3. The lowest BCUT2D eigenvalue weighted by molar-refractivity contribution is -0.129. The van der Waals surface area contributed by atoms with E-state index in [1.54, 1.807) is 6.92 Å². The van der Waals surface area contributed by atoms with Gasteiger partial charge in [-0.25, -0.2) is 0 Å². The Labute approximate surface area is 144 Å². The molecule has 0 saturated carbocycles. The fourth-order valence-corrected chi connectivity index (χ4v) is 4.19. The first-order valence-corrected chi connectivity index (χ1v) is 8.85. The lowest BCUT2D eigenvalue weighted by Crippen LogP contribution is -2.41. The first-order chi connectivity index (χ1) is 11.6. The van der Waals surface area contributed by atoms with Crippen LogP contribution in [0.25, 0.3) is 0 Å². The maximum absolute atomic E-state index is 12.4. The first-order valence-electron chi connectivity index (χ1n) is 8.08. The number of carbonyl (C=O) groups excluding carboxylic acids is 2. The Morgan fingerprint density at radius 2 is 1.96 bits per heavy atom. The van der Waals surface area contributed by atoms with E-state index in [-0.39, 0.29) is 23.9 Å². The van der Waals surface area contributed by atoms with Crippen LogP contribution in [0.5, 0.6) is 0 Å². The molecule has 2 heterocycles. The SMILES string of the molecule is Cc1nnsc1C(=O)NC1CC(=O)N(C2Cc3ccccc3C2)C1. The van der Waals surface area contributed by atoms with Crippen molar-refractivity contribution in [2.24, 2.45) is 0 Å². The monoisotopic (exact) mass is 342 g/mol. The lowest BCUT2D eigenvalue weighted by atomic mass is 10.1. The fraction of sp³-hybridized carbons (Fsp3) is 0.412. The van der Waals surface area contributed by atoms with Gasteiger partial charge < -0.3 is 10.2 Å². The molecule has 1 aliphatic carbocycles. The second-order valence-corrected chi connectivity index (χ2v) is 7.19. The van der Waals surface area contributed by atoms with E-state index in [1.165, 1.54) is 11.1 Å². The van der Waals surface area contributed by atoms with Crippen molar-refractivity contribution >= 4 is 23.3 Å². The van der Waals surface area contributed by atoms with Crippen LogP contribution < -0.4 is 5.32 Å². The van der Waals surface area contributed by atoms with E-state index < -0.39 is 0 Å². The molecule has 1 aromatic carbocycles. The van der Waals surface area contributed by atoms with Crippen molar-refractivity contribution in [2.45, 2.75) is 38.3 Å². The third-order valence-corrected chi connectivity index (χ3v) is 5.65. The number of aromatic nitrogens is 2. The smallest absolute Gasteiger partial charge is 0.265 e. The van der Waals surface area contributed by atoms with Crippen molar-refractivity contribution in [3.8, 4) is 0 Å². The largest absolute Gasteiger partial charge is 0.346 e. The summed E-state index contributed by atoms with van der Waals surface area (Å²) in [5.41, 5.74) is 3.29. The van der Waals surface area contributed by atoms with Crippen molar-refractivity contribution in [2.75, 3.05) is 6.54 Å². The molecular weight excluding hydrogens is 324 g/mol. The highest BCUT2D eigenvalue weighted by Crippen LogP contribution is 2.28. The Hall–Kier alpha value is -2.28. The fourth-order valence-electron chi connectivity index (χ4n) is 3.63. The van der Waals surface area contributed by atoms with Crippen LogP contribution >= 0.6 is 11.5 Å². The molecular formula is C17H18N4O2S. The van der Waals surface area contributed by atoms with E-state index in [4.69, 9.17) is 0 Å². The number of nitrogens with zero attached hydrogens (tertiary/aromatic N) is 3. The molecule has 2 aromatic rings. The molecule has 24 heavy (non-hydrogen) atoms. The summed E-state index contributed by atoms with van der Waals surface area (Å²) in [6, 6.07) is 8.42. The number of nitrogens with one attached hydrogen (secondary N) is 1. The van der Waals surface area contributed by atoms with Gasteiger partial charge in [0.05, 0.1) is 11.7 Å². The number of carbonyl (C=O) groups is 2. The molecule has 6 nitrogen and oxygen atoms in total. The number of benzene rings is 1. The first kappa shape index (κ1) is 15.3. The molecule has 0 radical (unpaired) electrons. The minimum Gasteiger partial charge on any atom is -0.346 e. The average molecular weight is 342 g/mol. The summed E-state index contributed by atoms with van der Waals surface area (Å²) in [7, 11) is 0. The molecule has 1 atom stereocenters. The Morgan fingerprint density at radius 1 is 1.25 bits per heavy atom. The van der Waals surface area contributed by atoms with Gasteiger partial charge in [-0.1, -0.05) is 28.8 Å². The highest BCUT2D eigenvalue weighted by molar-refractivity contribution is 7.08. The minimum atomic E-state index is -0.183. The van der Waals surface area contributed by atoms with E-state index in [0.29, 0.717) is 23.5 Å². The van der Waals surface area contributed by atoms with Crippen LogP contribution in [0, 0.1) is 6.92 Å². The molecule has 0 spiro atoms. The molecule has 4 rings (SSSR count). The van der Waals surface area contributed by atoms with E-state index in [2.05, 4.69) is 27.0 Å². The van der Waals surface area contributed by atoms with Crippen molar-refractivity contribution in [3.63, 3.8) is 0 Å². The Kier molecular flexibility index (Phi) is 3.80. The molecule has 124 valence electrons. The highest BCUT2D eigenvalue weighted by atomic mass is 32.1. The summed E-state index contributed by atoms with van der Waals surface area (Å²) in [4.78, 5) is 27.2. The van der Waals surface area contributed by atoms with Gasteiger partial charge >= 0.3 is 0 Å². The summed E-state index contributed by atoms with van der Waals surface area (Å²) in [6.45, 7) is 2.34. The molecule has 1 fully saturated rings. The standard InChI is InChI=1S/C17H18N4O2S/c1-10-16(24-20-19-10)17(23)18-13-8-15(22)21(9-13)14-6-11-4-2-3-5-12(11)7-14/h2-5,13-14H,6-9H2,1H3,(H,18,23). The maximum atomic E-state index is 12.4. The molecule has 1 N–H and O–H groups in total. The molecule has 7 heteroatoms. The van der Waals surface area contributed by atoms with Crippen LogP contribution in [0.4, 0.5) is 0 Å². The van der Waals surface area contributed by atoms with Crippen molar-refractivity contribution in [1.82, 2.24) is 19.8 Å². The van der Waals surface area contributed by atoms with E-state index in [9.17, 15) is 9.59 Å². The number of likely N-dealkylation sites (tertiary alicyclic amines) is 1. The van der Waals surface area contributed by atoms with Crippen molar-refractivity contribution < 1.29 is 9.59 Å². The van der Waals surface area contributed by atoms with Gasteiger partial charge in [-0.3, -0.25) is 9.59 Å². The summed E-state index contributed by atoms with van der Waals surface area (Å²) < 4.78 is 3.79. The van der Waals surface area contributed by atoms with Crippen LogP contribution in [0.2, 0.25) is 0 Å². The number of aryl methyl sites for hydroxylation is 1. The van der Waals surface area contributed by atoms with Crippen LogP contribution in [0.3, 0.4) is 0 Å². The minimum absolute atomic E-state index is 0.122. The zero-order valence-electron chi connectivity index (χ0n) is 13.4. The Morgan fingerprint density at radius 3 is 2.58 bits per heavy atom. The summed E-state index contributed by atoms with van der Waals surface area (Å²) >= 11 is 1.09. The van der Waals surface area contributed by atoms with Gasteiger partial charge in [0.2, 0.25) is 5.91 Å². The Balaban J connectivity index is 1.41. The number of hydrogen-bond acceptors (Lipinski definition) is 5. The molecule has 1 aromatic heterocycles. The molecule has 0 bridgehead atoms. The zero-order valence-corrected chi connectivity index (χ0v) is 14.2. The second-order valence-electron chi connectivity index (χ2n) is 6.44. The van der Waals surface area contributed by atoms with Crippen molar-refractivity contribution in [1.29, 1.82) is 0 Å². The van der Waals surface area contributed by atoms with Gasteiger partial charge in [-0.05, 0) is 42.4 Å². The van der Waals surface area contributed by atoms with Gasteiger partial charge in [-0.15, -0.1) is 5.10 Å². The van der Waals surface area contributed by atoms with Gasteiger partial charge in [0.15, 0.2) is 0 Å². The van der Waals surface area contributed by atoms with Crippen LogP contribution in [0.1, 0.15) is 32.9 Å². The van der Waals surface area contributed by atoms with Crippen LogP contribution in [-0.2, 0) is 17.6 Å². The molecule has 2 amide bonds. The highest BCUT2D eigenvalue weighted by Gasteiger charge is 2.37. The number of hydrogen-bond donors (Lipinski definition) is 1. The predicted molar refractivity (Wildman–Crippen MR) is 89.9 cm³/mol. The van der Waals surface area contributed by atoms with E-state index in [1.807, 2.05) is 17.0 Å². The summed E-state index contributed by atoms with van der Waals surface area (Å²) in [6.07, 6.45) is 2.17. The maximum Gasteiger partial charge on any atom is 0.265 e. The van der Waals surface area contributed by atoms with Crippen LogP contribution in [0.15, 0.2) is 24.3 Å². The molecule has 1 unspecified atom stereocenters. The predicted octanol–water partition coefficient (Wildman–Crippen LogP) is 1.34. The average Bonchev–Trinajstić information content (AvgIpc) is 3.25. The second kappa shape index (κ2) is 5.98. The lowest BCUT2D eigenvalue weighted by Gasteiger charge is -2.24. The van der Waals surface area contributed by atoms with Gasteiger partial charge in [0, 0.05) is 19.0 Å². The van der Waals surface area contributed by atoms with E-state index in [0.717, 1.165) is 24.4 Å². The van der Waals surface area contributed by atoms with Gasteiger partial charge in [0.1, 0.15) is 4.88 Å². The van der Waals surface area contributed by atoms with Crippen LogP contribution in [-0.4, -0.2) is 44.9 Å².